The molecule has 0 atom stereocenters. The van der Waals surface area contributed by atoms with Gasteiger partial charge in [0.25, 0.3) is 0 Å². The minimum atomic E-state index is -0.157. The maximum Gasteiger partial charge on any atom is 0.305 e. The molecule has 0 unspecified atom stereocenters. The SMILES string of the molecule is CCOC(=O)CCCNC(=NC)N1CCN(c2ccccc2O)CC1.I. The Hall–Kier alpha value is -1.71. The number of rotatable bonds is 6. The van der Waals surface area contributed by atoms with Crippen LogP contribution >= 0.6 is 24.0 Å². The number of esters is 1. The smallest absolute Gasteiger partial charge is 0.305 e. The van der Waals surface area contributed by atoms with E-state index in [0.717, 1.165) is 44.2 Å². The highest BCUT2D eigenvalue weighted by molar-refractivity contribution is 14.0. The Morgan fingerprint density at radius 1 is 1.27 bits per heavy atom. The molecule has 0 amide bonds. The van der Waals surface area contributed by atoms with Crippen LogP contribution in [-0.2, 0) is 9.53 Å². The van der Waals surface area contributed by atoms with Crippen LogP contribution in [0.4, 0.5) is 5.69 Å². The van der Waals surface area contributed by atoms with Crippen molar-refractivity contribution in [3.8, 4) is 5.75 Å². The molecule has 0 radical (unpaired) electrons. The molecule has 1 aromatic rings. The summed E-state index contributed by atoms with van der Waals surface area (Å²) in [5.74, 6) is 1.01. The van der Waals surface area contributed by atoms with Gasteiger partial charge in [-0.15, -0.1) is 24.0 Å². The molecule has 2 rings (SSSR count). The quantitative estimate of drug-likeness (QED) is 0.215. The highest BCUT2D eigenvalue weighted by Crippen LogP contribution is 2.27. The van der Waals surface area contributed by atoms with E-state index in [1.165, 1.54) is 0 Å². The molecule has 0 spiro atoms. The van der Waals surface area contributed by atoms with Crippen molar-refractivity contribution >= 4 is 41.6 Å². The summed E-state index contributed by atoms with van der Waals surface area (Å²) in [6.07, 6.45) is 1.13. The van der Waals surface area contributed by atoms with Gasteiger partial charge in [0.1, 0.15) is 5.75 Å². The Morgan fingerprint density at radius 2 is 1.96 bits per heavy atom. The summed E-state index contributed by atoms with van der Waals surface area (Å²) >= 11 is 0. The molecule has 1 fully saturated rings. The van der Waals surface area contributed by atoms with Gasteiger partial charge in [-0.25, -0.2) is 0 Å². The van der Waals surface area contributed by atoms with E-state index in [1.54, 1.807) is 13.1 Å². The first-order valence-corrected chi connectivity index (χ1v) is 8.80. The fourth-order valence-corrected chi connectivity index (χ4v) is 2.89. The Balaban J connectivity index is 0.00000338. The lowest BCUT2D eigenvalue weighted by molar-refractivity contribution is -0.143. The number of aromatic hydroxyl groups is 1. The molecule has 1 aliphatic rings. The second-order valence-electron chi connectivity index (χ2n) is 5.85. The molecule has 1 saturated heterocycles. The van der Waals surface area contributed by atoms with Crippen molar-refractivity contribution in [3.05, 3.63) is 24.3 Å². The third kappa shape index (κ3) is 6.54. The number of guanidine groups is 1. The molecule has 1 aromatic carbocycles. The molecular formula is C18H29IN4O3. The number of hydrogen-bond acceptors (Lipinski definition) is 5. The summed E-state index contributed by atoms with van der Waals surface area (Å²) in [5, 5.41) is 13.3. The molecule has 0 aliphatic carbocycles. The van der Waals surface area contributed by atoms with E-state index in [9.17, 15) is 9.90 Å². The zero-order chi connectivity index (χ0) is 18.1. The number of anilines is 1. The van der Waals surface area contributed by atoms with Crippen LogP contribution in [0.5, 0.6) is 5.75 Å². The van der Waals surface area contributed by atoms with Gasteiger partial charge >= 0.3 is 5.97 Å². The first-order chi connectivity index (χ1) is 12.2. The maximum atomic E-state index is 11.3. The number of piperazine rings is 1. The largest absolute Gasteiger partial charge is 0.506 e. The number of para-hydroxylation sites is 2. The van der Waals surface area contributed by atoms with Crippen molar-refractivity contribution in [2.24, 2.45) is 4.99 Å². The van der Waals surface area contributed by atoms with E-state index in [1.807, 2.05) is 25.1 Å². The van der Waals surface area contributed by atoms with Crippen molar-refractivity contribution in [2.45, 2.75) is 19.8 Å². The molecule has 1 heterocycles. The number of hydrogen-bond donors (Lipinski definition) is 2. The highest BCUT2D eigenvalue weighted by atomic mass is 127. The predicted octanol–water partition coefficient (Wildman–Crippen LogP) is 2.05. The molecule has 1 aliphatic heterocycles. The average Bonchev–Trinajstić information content (AvgIpc) is 2.63. The van der Waals surface area contributed by atoms with Gasteiger partial charge in [0.2, 0.25) is 0 Å². The third-order valence-corrected chi connectivity index (χ3v) is 4.16. The van der Waals surface area contributed by atoms with E-state index in [4.69, 9.17) is 4.74 Å². The summed E-state index contributed by atoms with van der Waals surface area (Å²) in [7, 11) is 1.77. The lowest BCUT2D eigenvalue weighted by Gasteiger charge is -2.37. The van der Waals surface area contributed by atoms with Crippen LogP contribution in [0.1, 0.15) is 19.8 Å². The summed E-state index contributed by atoms with van der Waals surface area (Å²) in [6, 6.07) is 7.42. The van der Waals surface area contributed by atoms with Crippen LogP contribution in [-0.4, -0.2) is 68.3 Å². The van der Waals surface area contributed by atoms with Crippen molar-refractivity contribution in [2.75, 3.05) is 51.3 Å². The van der Waals surface area contributed by atoms with E-state index < -0.39 is 0 Å². The van der Waals surface area contributed by atoms with E-state index in [-0.39, 0.29) is 29.9 Å². The fraction of sp³-hybridized carbons (Fsp3) is 0.556. The van der Waals surface area contributed by atoms with E-state index in [0.29, 0.717) is 25.3 Å². The summed E-state index contributed by atoms with van der Waals surface area (Å²) in [4.78, 5) is 20.0. The third-order valence-electron chi connectivity index (χ3n) is 4.16. The van der Waals surface area contributed by atoms with Crippen molar-refractivity contribution in [1.82, 2.24) is 10.2 Å². The number of phenols is 1. The monoisotopic (exact) mass is 476 g/mol. The Morgan fingerprint density at radius 3 is 2.58 bits per heavy atom. The second kappa shape index (κ2) is 11.8. The first kappa shape index (κ1) is 22.3. The Labute approximate surface area is 172 Å². The van der Waals surface area contributed by atoms with Crippen LogP contribution in [0.25, 0.3) is 0 Å². The number of benzene rings is 1. The molecule has 2 N–H and O–H groups in total. The molecule has 7 nitrogen and oxygen atoms in total. The molecule has 26 heavy (non-hydrogen) atoms. The zero-order valence-electron chi connectivity index (χ0n) is 15.5. The number of carbonyl (C=O) groups is 1. The number of carbonyl (C=O) groups excluding carboxylic acids is 1. The zero-order valence-corrected chi connectivity index (χ0v) is 17.8. The van der Waals surface area contributed by atoms with Gasteiger partial charge in [-0.05, 0) is 25.5 Å². The van der Waals surface area contributed by atoms with Crippen LogP contribution < -0.4 is 10.2 Å². The topological polar surface area (TPSA) is 77.4 Å². The van der Waals surface area contributed by atoms with Crippen molar-refractivity contribution in [1.29, 1.82) is 0 Å². The van der Waals surface area contributed by atoms with E-state index >= 15 is 0 Å². The van der Waals surface area contributed by atoms with Crippen LogP contribution in [0, 0.1) is 0 Å². The van der Waals surface area contributed by atoms with Gasteiger partial charge in [-0.3, -0.25) is 9.79 Å². The van der Waals surface area contributed by atoms with Gasteiger partial charge in [-0.2, -0.15) is 0 Å². The molecular weight excluding hydrogens is 447 g/mol. The molecule has 146 valence electrons. The lowest BCUT2D eigenvalue weighted by Crippen LogP contribution is -2.52. The normalized spacial score (nSPS) is 14.6. The van der Waals surface area contributed by atoms with Gasteiger partial charge in [0, 0.05) is 46.2 Å². The van der Waals surface area contributed by atoms with Crippen LogP contribution in [0.2, 0.25) is 0 Å². The fourth-order valence-electron chi connectivity index (χ4n) is 2.89. The van der Waals surface area contributed by atoms with Crippen molar-refractivity contribution < 1.29 is 14.6 Å². The standard InChI is InChI=1S/C18H28N4O3.HI/c1-3-25-17(24)9-6-10-20-18(19-2)22-13-11-21(12-14-22)15-7-4-5-8-16(15)23;/h4-5,7-8,23H,3,6,9-14H2,1-2H3,(H,19,20);1H. The predicted molar refractivity (Wildman–Crippen MR) is 115 cm³/mol. The number of nitrogens with one attached hydrogen (secondary N) is 1. The Bertz CT molecular complexity index is 590. The minimum absolute atomic E-state index is 0. The van der Waals surface area contributed by atoms with E-state index in [2.05, 4.69) is 20.1 Å². The average molecular weight is 476 g/mol. The summed E-state index contributed by atoms with van der Waals surface area (Å²) < 4.78 is 4.92. The number of aliphatic imine (C=N–C) groups is 1. The molecule has 0 saturated carbocycles. The lowest BCUT2D eigenvalue weighted by atomic mass is 10.2. The highest BCUT2D eigenvalue weighted by Gasteiger charge is 2.21. The van der Waals surface area contributed by atoms with Gasteiger partial charge in [0.15, 0.2) is 5.96 Å². The molecule has 0 bridgehead atoms. The number of nitrogens with zero attached hydrogens (tertiary/aromatic N) is 3. The summed E-state index contributed by atoms with van der Waals surface area (Å²) in [5.41, 5.74) is 0.875. The van der Waals surface area contributed by atoms with Gasteiger partial charge in [0.05, 0.1) is 12.3 Å². The number of phenolic OH excluding ortho intramolecular Hbond substituents is 1. The van der Waals surface area contributed by atoms with Crippen molar-refractivity contribution in [3.63, 3.8) is 0 Å². The van der Waals surface area contributed by atoms with Gasteiger partial charge < -0.3 is 25.0 Å². The number of halogens is 1. The minimum Gasteiger partial charge on any atom is -0.506 e. The first-order valence-electron chi connectivity index (χ1n) is 8.80. The maximum absolute atomic E-state index is 11.3. The molecule has 0 aromatic heterocycles. The van der Waals surface area contributed by atoms with Crippen LogP contribution in [0.15, 0.2) is 29.3 Å². The van der Waals surface area contributed by atoms with Crippen LogP contribution in [0.3, 0.4) is 0 Å². The summed E-state index contributed by atoms with van der Waals surface area (Å²) in [6.45, 7) is 6.22. The van der Waals surface area contributed by atoms with Gasteiger partial charge in [-0.1, -0.05) is 12.1 Å². The molecule has 8 heteroatoms. The Kier molecular flexibility index (Phi) is 10.2. The number of ether oxygens (including phenoxy) is 1. The second-order valence-corrected chi connectivity index (χ2v) is 5.85.